The summed E-state index contributed by atoms with van der Waals surface area (Å²) in [5, 5.41) is 7.22. The van der Waals surface area contributed by atoms with Gasteiger partial charge in [-0.15, -0.1) is 0 Å². The standard InChI is InChI=1S/C21H26F2N4O3/c1-3-30-21(29)18-12-24-27(14(18)2)17-6-4-15(5-7-17)20(28)25-16-8-10-26(11-9-16)13-19(22)23/h4-7,12,16,19H,3,8-11,13H2,1-2H3,(H,25,28). The van der Waals surface area contributed by atoms with Crippen molar-refractivity contribution < 1.29 is 23.1 Å². The molecular weight excluding hydrogens is 394 g/mol. The number of halogens is 2. The van der Waals surface area contributed by atoms with Crippen molar-refractivity contribution in [3.8, 4) is 5.69 Å². The van der Waals surface area contributed by atoms with Crippen LogP contribution in [0.1, 0.15) is 46.2 Å². The van der Waals surface area contributed by atoms with Crippen LogP contribution in [0.5, 0.6) is 0 Å². The van der Waals surface area contributed by atoms with Crippen LogP contribution >= 0.6 is 0 Å². The van der Waals surface area contributed by atoms with Gasteiger partial charge in [0, 0.05) is 24.7 Å². The van der Waals surface area contributed by atoms with E-state index in [1.807, 2.05) is 0 Å². The molecule has 1 aromatic heterocycles. The van der Waals surface area contributed by atoms with Gasteiger partial charge >= 0.3 is 5.97 Å². The molecule has 1 saturated heterocycles. The summed E-state index contributed by atoms with van der Waals surface area (Å²) >= 11 is 0. The number of piperidine rings is 1. The quantitative estimate of drug-likeness (QED) is 0.697. The number of ether oxygens (including phenoxy) is 1. The third-order valence-electron chi connectivity index (χ3n) is 5.20. The average molecular weight is 420 g/mol. The van der Waals surface area contributed by atoms with Gasteiger partial charge in [-0.2, -0.15) is 5.10 Å². The molecule has 0 bridgehead atoms. The van der Waals surface area contributed by atoms with Gasteiger partial charge in [-0.25, -0.2) is 18.3 Å². The third-order valence-corrected chi connectivity index (χ3v) is 5.20. The molecule has 1 aliphatic rings. The van der Waals surface area contributed by atoms with Crippen molar-refractivity contribution >= 4 is 11.9 Å². The molecule has 0 atom stereocenters. The Hall–Kier alpha value is -2.81. The van der Waals surface area contributed by atoms with Crippen LogP contribution in [-0.4, -0.2) is 65.3 Å². The summed E-state index contributed by atoms with van der Waals surface area (Å²) in [7, 11) is 0. The third kappa shape index (κ3) is 5.21. The Balaban J connectivity index is 1.60. The van der Waals surface area contributed by atoms with Gasteiger partial charge in [0.2, 0.25) is 0 Å². The van der Waals surface area contributed by atoms with Gasteiger partial charge in [0.25, 0.3) is 12.3 Å². The highest BCUT2D eigenvalue weighted by Gasteiger charge is 2.23. The predicted octanol–water partition coefficient (Wildman–Crippen LogP) is 2.82. The van der Waals surface area contributed by atoms with Gasteiger partial charge in [-0.1, -0.05) is 0 Å². The molecule has 1 fully saturated rings. The van der Waals surface area contributed by atoms with Gasteiger partial charge in [-0.3, -0.25) is 9.69 Å². The van der Waals surface area contributed by atoms with E-state index < -0.39 is 12.4 Å². The minimum atomic E-state index is -2.33. The number of benzene rings is 1. The number of carbonyl (C=O) groups excluding carboxylic acids is 2. The Bertz CT molecular complexity index is 875. The van der Waals surface area contributed by atoms with Crippen LogP contribution in [0.2, 0.25) is 0 Å². The zero-order valence-electron chi connectivity index (χ0n) is 17.1. The van der Waals surface area contributed by atoms with Crippen molar-refractivity contribution in [2.45, 2.75) is 39.2 Å². The number of amides is 1. The van der Waals surface area contributed by atoms with Gasteiger partial charge < -0.3 is 10.1 Å². The summed E-state index contributed by atoms with van der Waals surface area (Å²) in [5.41, 5.74) is 2.28. The maximum atomic E-state index is 12.5. The topological polar surface area (TPSA) is 76.5 Å². The first-order valence-electron chi connectivity index (χ1n) is 10.0. The number of aromatic nitrogens is 2. The molecule has 0 spiro atoms. The molecule has 2 heterocycles. The molecule has 0 radical (unpaired) electrons. The Morgan fingerprint density at radius 1 is 1.23 bits per heavy atom. The van der Waals surface area contributed by atoms with E-state index in [0.717, 1.165) is 5.69 Å². The maximum Gasteiger partial charge on any atom is 0.341 e. The van der Waals surface area contributed by atoms with E-state index in [1.165, 1.54) is 6.20 Å². The molecule has 3 rings (SSSR count). The first kappa shape index (κ1) is 21.9. The second-order valence-electron chi connectivity index (χ2n) is 7.26. The van der Waals surface area contributed by atoms with Gasteiger partial charge in [0.1, 0.15) is 5.56 Å². The highest BCUT2D eigenvalue weighted by molar-refractivity contribution is 5.94. The number of alkyl halides is 2. The normalized spacial score (nSPS) is 15.4. The Kier molecular flexibility index (Phi) is 7.15. The molecule has 7 nitrogen and oxygen atoms in total. The lowest BCUT2D eigenvalue weighted by molar-refractivity contribution is 0.0525. The number of esters is 1. The van der Waals surface area contributed by atoms with E-state index in [0.29, 0.717) is 49.4 Å². The SMILES string of the molecule is CCOC(=O)c1cnn(-c2ccc(C(=O)NC3CCN(CC(F)F)CC3)cc2)c1C. The van der Waals surface area contributed by atoms with Crippen LogP contribution < -0.4 is 5.32 Å². The first-order valence-corrected chi connectivity index (χ1v) is 10.0. The van der Waals surface area contributed by atoms with Gasteiger partial charge in [-0.05, 0) is 51.0 Å². The molecule has 1 amide bonds. The van der Waals surface area contributed by atoms with Crippen molar-refractivity contribution in [1.29, 1.82) is 0 Å². The van der Waals surface area contributed by atoms with Crippen molar-refractivity contribution in [3.05, 3.63) is 47.3 Å². The van der Waals surface area contributed by atoms with E-state index in [9.17, 15) is 18.4 Å². The van der Waals surface area contributed by atoms with E-state index >= 15 is 0 Å². The van der Waals surface area contributed by atoms with Crippen molar-refractivity contribution in [3.63, 3.8) is 0 Å². The van der Waals surface area contributed by atoms with Crippen LogP contribution in [0, 0.1) is 6.92 Å². The molecule has 30 heavy (non-hydrogen) atoms. The second-order valence-corrected chi connectivity index (χ2v) is 7.26. The molecule has 1 N–H and O–H groups in total. The fourth-order valence-electron chi connectivity index (χ4n) is 3.56. The fourth-order valence-corrected chi connectivity index (χ4v) is 3.56. The first-order chi connectivity index (χ1) is 14.4. The van der Waals surface area contributed by atoms with Crippen LogP contribution in [0.15, 0.2) is 30.5 Å². The number of hydrogen-bond donors (Lipinski definition) is 1. The molecule has 1 aliphatic heterocycles. The lowest BCUT2D eigenvalue weighted by Crippen LogP contribution is -2.45. The summed E-state index contributed by atoms with van der Waals surface area (Å²) in [6.45, 7) is 4.70. The predicted molar refractivity (Wildman–Crippen MR) is 107 cm³/mol. The second kappa shape index (κ2) is 9.80. The Morgan fingerprint density at radius 3 is 2.50 bits per heavy atom. The van der Waals surface area contributed by atoms with Crippen LogP contribution in [0.3, 0.4) is 0 Å². The molecule has 9 heteroatoms. The van der Waals surface area contributed by atoms with Crippen LogP contribution in [0.4, 0.5) is 8.78 Å². The molecule has 0 saturated carbocycles. The summed E-state index contributed by atoms with van der Waals surface area (Å²) in [4.78, 5) is 26.2. The fraction of sp³-hybridized carbons (Fsp3) is 0.476. The van der Waals surface area contributed by atoms with E-state index in [1.54, 1.807) is 47.7 Å². The Labute approximate surface area is 174 Å². The highest BCUT2D eigenvalue weighted by Crippen LogP contribution is 2.17. The number of likely N-dealkylation sites (tertiary alicyclic amines) is 1. The van der Waals surface area contributed by atoms with Crippen LogP contribution in [-0.2, 0) is 4.74 Å². The van der Waals surface area contributed by atoms with Gasteiger partial charge in [0.05, 0.1) is 30.7 Å². The summed E-state index contributed by atoms with van der Waals surface area (Å²) < 4.78 is 31.6. The minimum absolute atomic E-state index is 0.0217. The molecule has 0 aliphatic carbocycles. The molecule has 2 aromatic rings. The van der Waals surface area contributed by atoms with Crippen molar-refractivity contribution in [1.82, 2.24) is 20.0 Å². The zero-order chi connectivity index (χ0) is 21.7. The number of nitrogens with zero attached hydrogens (tertiary/aromatic N) is 3. The number of nitrogens with one attached hydrogen (secondary N) is 1. The lowest BCUT2D eigenvalue weighted by Gasteiger charge is -2.32. The molecule has 162 valence electrons. The minimum Gasteiger partial charge on any atom is -0.462 e. The Morgan fingerprint density at radius 2 is 1.90 bits per heavy atom. The van der Waals surface area contributed by atoms with E-state index in [4.69, 9.17) is 4.74 Å². The monoisotopic (exact) mass is 420 g/mol. The number of rotatable bonds is 7. The van der Waals surface area contributed by atoms with E-state index in [2.05, 4.69) is 10.4 Å². The average Bonchev–Trinajstić information content (AvgIpc) is 3.11. The summed E-state index contributed by atoms with van der Waals surface area (Å²) in [6.07, 6.45) is 0.440. The molecular formula is C21H26F2N4O3. The summed E-state index contributed by atoms with van der Waals surface area (Å²) in [6, 6.07) is 6.89. The maximum absolute atomic E-state index is 12.5. The number of hydrogen-bond acceptors (Lipinski definition) is 5. The smallest absolute Gasteiger partial charge is 0.341 e. The van der Waals surface area contributed by atoms with Crippen molar-refractivity contribution in [2.24, 2.45) is 0 Å². The van der Waals surface area contributed by atoms with Crippen LogP contribution in [0.25, 0.3) is 5.69 Å². The van der Waals surface area contributed by atoms with Gasteiger partial charge in [0.15, 0.2) is 0 Å². The number of carbonyl (C=O) groups is 2. The molecule has 1 aromatic carbocycles. The highest BCUT2D eigenvalue weighted by atomic mass is 19.3. The molecule has 0 unspecified atom stereocenters. The lowest BCUT2D eigenvalue weighted by atomic mass is 10.0. The van der Waals surface area contributed by atoms with Crippen molar-refractivity contribution in [2.75, 3.05) is 26.2 Å². The summed E-state index contributed by atoms with van der Waals surface area (Å²) in [5.74, 6) is -0.616. The largest absolute Gasteiger partial charge is 0.462 e. The zero-order valence-corrected chi connectivity index (χ0v) is 17.1. The van der Waals surface area contributed by atoms with E-state index in [-0.39, 0.29) is 18.5 Å².